The Bertz CT molecular complexity index is 720. The molecule has 0 radical (unpaired) electrons. The lowest BCUT2D eigenvalue weighted by molar-refractivity contribution is -0.142. The number of rotatable bonds is 8. The summed E-state index contributed by atoms with van der Waals surface area (Å²) in [6.45, 7) is 1.93. The molecule has 2 rings (SSSR count). The lowest BCUT2D eigenvalue weighted by Gasteiger charge is -2.30. The first kappa shape index (κ1) is 19.4. The van der Waals surface area contributed by atoms with Crippen molar-refractivity contribution in [3.05, 3.63) is 66.0 Å². The van der Waals surface area contributed by atoms with Gasteiger partial charge < -0.3 is 15.0 Å². The Kier molecular flexibility index (Phi) is 7.14. The van der Waals surface area contributed by atoms with Gasteiger partial charge in [-0.2, -0.15) is 0 Å². The second kappa shape index (κ2) is 9.56. The van der Waals surface area contributed by atoms with Gasteiger partial charge in [0.15, 0.2) is 6.61 Å². The molecule has 26 heavy (non-hydrogen) atoms. The number of nitrogens with one attached hydrogen (secondary N) is 1. The number of ether oxygens (including phenoxy) is 1. The van der Waals surface area contributed by atoms with Gasteiger partial charge in [0.2, 0.25) is 5.91 Å². The fraction of sp³-hybridized carbons (Fsp3) is 0.300. The van der Waals surface area contributed by atoms with Crippen LogP contribution in [0.1, 0.15) is 18.9 Å². The topological polar surface area (TPSA) is 58.6 Å². The Morgan fingerprint density at radius 1 is 1.12 bits per heavy atom. The minimum atomic E-state index is -0.593. The molecule has 0 aliphatic heterocycles. The van der Waals surface area contributed by atoms with Crippen LogP contribution in [0.25, 0.3) is 0 Å². The zero-order valence-electron chi connectivity index (χ0n) is 14.9. The Morgan fingerprint density at radius 3 is 2.35 bits per heavy atom. The molecule has 2 aromatic rings. The summed E-state index contributed by atoms with van der Waals surface area (Å²) in [5.74, 6) is -0.514. The second-order valence-corrected chi connectivity index (χ2v) is 5.79. The number of benzene rings is 2. The number of likely N-dealkylation sites (N-methyl/N-ethyl adjacent to an activating group) is 1. The van der Waals surface area contributed by atoms with Gasteiger partial charge >= 0.3 is 0 Å². The third kappa shape index (κ3) is 5.31. The van der Waals surface area contributed by atoms with Crippen LogP contribution in [-0.4, -0.2) is 36.4 Å². The highest BCUT2D eigenvalue weighted by Gasteiger charge is 2.28. The van der Waals surface area contributed by atoms with Gasteiger partial charge in [-0.3, -0.25) is 9.59 Å². The summed E-state index contributed by atoms with van der Waals surface area (Å²) in [6.07, 6.45) is 0.481. The molecule has 0 aliphatic rings. The third-order valence-corrected chi connectivity index (χ3v) is 4.00. The number of carbonyl (C=O) groups excluding carboxylic acids is 2. The number of carbonyl (C=O) groups is 2. The molecular formula is C20H23FN2O3. The molecule has 2 aromatic carbocycles. The van der Waals surface area contributed by atoms with Crippen LogP contribution in [0.5, 0.6) is 5.75 Å². The first-order chi connectivity index (χ1) is 12.5. The van der Waals surface area contributed by atoms with Crippen molar-refractivity contribution in [1.82, 2.24) is 10.2 Å². The van der Waals surface area contributed by atoms with E-state index in [0.717, 1.165) is 5.56 Å². The maximum Gasteiger partial charge on any atom is 0.261 e. The molecule has 6 heteroatoms. The van der Waals surface area contributed by atoms with Gasteiger partial charge in [-0.05, 0) is 36.2 Å². The van der Waals surface area contributed by atoms with Crippen molar-refractivity contribution in [3.63, 3.8) is 0 Å². The number of hydrogen-bond acceptors (Lipinski definition) is 3. The highest BCUT2D eigenvalue weighted by Crippen LogP contribution is 2.15. The van der Waals surface area contributed by atoms with Crippen molar-refractivity contribution >= 4 is 11.8 Å². The first-order valence-corrected chi connectivity index (χ1v) is 8.48. The molecular weight excluding hydrogens is 335 g/mol. The molecule has 0 aromatic heterocycles. The van der Waals surface area contributed by atoms with Gasteiger partial charge in [0, 0.05) is 13.6 Å². The molecule has 0 aliphatic carbocycles. The molecule has 0 heterocycles. The SMILES string of the molecule is CCC(C(=O)NC)N(Cc1ccccc1)C(=O)COc1ccc(F)cc1. The molecule has 0 saturated carbocycles. The lowest BCUT2D eigenvalue weighted by atomic mass is 10.1. The van der Waals surface area contributed by atoms with Gasteiger partial charge in [-0.25, -0.2) is 4.39 Å². The molecule has 0 saturated heterocycles. The molecule has 5 nitrogen and oxygen atoms in total. The Morgan fingerprint density at radius 2 is 1.77 bits per heavy atom. The van der Waals surface area contributed by atoms with E-state index in [1.54, 1.807) is 7.05 Å². The van der Waals surface area contributed by atoms with Crippen LogP contribution in [0.15, 0.2) is 54.6 Å². The second-order valence-electron chi connectivity index (χ2n) is 5.79. The van der Waals surface area contributed by atoms with Gasteiger partial charge in [-0.15, -0.1) is 0 Å². The Hall–Kier alpha value is -2.89. The maximum atomic E-state index is 13.0. The molecule has 2 amide bonds. The van der Waals surface area contributed by atoms with Gasteiger partial charge in [0.25, 0.3) is 5.91 Å². The standard InChI is InChI=1S/C20H23FN2O3/c1-3-18(20(25)22-2)23(13-15-7-5-4-6-8-15)19(24)14-26-17-11-9-16(21)10-12-17/h4-12,18H,3,13-14H2,1-2H3,(H,22,25). The largest absolute Gasteiger partial charge is 0.484 e. The molecule has 1 atom stereocenters. The molecule has 138 valence electrons. The maximum absolute atomic E-state index is 13.0. The number of halogens is 1. The van der Waals surface area contributed by atoms with Crippen LogP contribution in [0.2, 0.25) is 0 Å². The van der Waals surface area contributed by atoms with Crippen LogP contribution < -0.4 is 10.1 Å². The fourth-order valence-corrected chi connectivity index (χ4v) is 2.63. The average Bonchev–Trinajstić information content (AvgIpc) is 2.67. The number of hydrogen-bond donors (Lipinski definition) is 1. The Labute approximate surface area is 152 Å². The van der Waals surface area contributed by atoms with E-state index in [-0.39, 0.29) is 24.2 Å². The van der Waals surface area contributed by atoms with Crippen molar-refractivity contribution in [1.29, 1.82) is 0 Å². The van der Waals surface area contributed by atoms with Crippen LogP contribution in [-0.2, 0) is 16.1 Å². The van der Waals surface area contributed by atoms with E-state index in [4.69, 9.17) is 4.74 Å². The third-order valence-electron chi connectivity index (χ3n) is 4.00. The Balaban J connectivity index is 2.13. The summed E-state index contributed by atoms with van der Waals surface area (Å²) in [6, 6.07) is 14.3. The van der Waals surface area contributed by atoms with E-state index in [1.807, 2.05) is 37.3 Å². The quantitative estimate of drug-likeness (QED) is 0.789. The molecule has 0 fully saturated rings. The summed E-state index contributed by atoms with van der Waals surface area (Å²) in [5, 5.41) is 2.60. The highest BCUT2D eigenvalue weighted by molar-refractivity contribution is 5.88. The van der Waals surface area contributed by atoms with Gasteiger partial charge in [0.05, 0.1) is 0 Å². The fourth-order valence-electron chi connectivity index (χ4n) is 2.63. The van der Waals surface area contributed by atoms with Gasteiger partial charge in [-0.1, -0.05) is 37.3 Å². The normalized spacial score (nSPS) is 11.5. The zero-order valence-corrected chi connectivity index (χ0v) is 14.9. The molecule has 1 unspecified atom stereocenters. The summed E-state index contributed by atoms with van der Waals surface area (Å²) in [7, 11) is 1.55. The zero-order chi connectivity index (χ0) is 18.9. The average molecular weight is 358 g/mol. The van der Waals surface area contributed by atoms with Crippen molar-refractivity contribution in [2.45, 2.75) is 25.9 Å². The molecule has 1 N–H and O–H groups in total. The summed E-state index contributed by atoms with van der Waals surface area (Å²) >= 11 is 0. The predicted molar refractivity (Wildman–Crippen MR) is 97.0 cm³/mol. The molecule has 0 spiro atoms. The van der Waals surface area contributed by atoms with Gasteiger partial charge in [0.1, 0.15) is 17.6 Å². The molecule has 0 bridgehead atoms. The van der Waals surface area contributed by atoms with Crippen LogP contribution in [0.3, 0.4) is 0 Å². The lowest BCUT2D eigenvalue weighted by Crippen LogP contribution is -2.49. The smallest absolute Gasteiger partial charge is 0.261 e. The summed E-state index contributed by atoms with van der Waals surface area (Å²) in [5.41, 5.74) is 0.921. The van der Waals surface area contributed by atoms with Crippen LogP contribution in [0.4, 0.5) is 4.39 Å². The van der Waals surface area contributed by atoms with Crippen LogP contribution in [0, 0.1) is 5.82 Å². The predicted octanol–water partition coefficient (Wildman–Crippen LogP) is 2.76. The van der Waals surface area contributed by atoms with E-state index in [1.165, 1.54) is 29.2 Å². The van der Waals surface area contributed by atoms with Crippen molar-refractivity contribution in [3.8, 4) is 5.75 Å². The monoisotopic (exact) mass is 358 g/mol. The van der Waals surface area contributed by atoms with E-state index >= 15 is 0 Å². The van der Waals surface area contributed by atoms with E-state index in [2.05, 4.69) is 5.32 Å². The minimum absolute atomic E-state index is 0.224. The van der Waals surface area contributed by atoms with Crippen molar-refractivity contribution in [2.75, 3.05) is 13.7 Å². The van der Waals surface area contributed by atoms with E-state index in [0.29, 0.717) is 18.7 Å². The highest BCUT2D eigenvalue weighted by atomic mass is 19.1. The van der Waals surface area contributed by atoms with Crippen molar-refractivity contribution < 1.29 is 18.7 Å². The summed E-state index contributed by atoms with van der Waals surface area (Å²) < 4.78 is 18.4. The van der Waals surface area contributed by atoms with Crippen molar-refractivity contribution in [2.24, 2.45) is 0 Å². The summed E-state index contributed by atoms with van der Waals surface area (Å²) in [4.78, 5) is 26.5. The van der Waals surface area contributed by atoms with E-state index in [9.17, 15) is 14.0 Å². The minimum Gasteiger partial charge on any atom is -0.484 e. The number of nitrogens with zero attached hydrogens (tertiary/aromatic N) is 1. The first-order valence-electron chi connectivity index (χ1n) is 8.48. The van der Waals surface area contributed by atoms with Crippen LogP contribution >= 0.6 is 0 Å². The van der Waals surface area contributed by atoms with E-state index < -0.39 is 6.04 Å². The number of amides is 2.